The molecule has 1 saturated heterocycles. The van der Waals surface area contributed by atoms with Crippen molar-refractivity contribution in [1.29, 1.82) is 0 Å². The minimum atomic E-state index is -0.615. The molecule has 0 bridgehead atoms. The number of urea groups is 1. The summed E-state index contributed by atoms with van der Waals surface area (Å²) in [5, 5.41) is 7.12. The van der Waals surface area contributed by atoms with Crippen LogP contribution in [0.3, 0.4) is 0 Å². The Bertz CT molecular complexity index is 1220. The summed E-state index contributed by atoms with van der Waals surface area (Å²) < 4.78 is 0. The van der Waals surface area contributed by atoms with Crippen LogP contribution in [-0.4, -0.2) is 22.1 Å². The van der Waals surface area contributed by atoms with Gasteiger partial charge in [0.05, 0.1) is 21.1 Å². The number of fused-ring (bicyclic) bond motifs is 1. The Labute approximate surface area is 181 Å². The fourth-order valence-corrected chi connectivity index (χ4v) is 3.86. The van der Waals surface area contributed by atoms with Gasteiger partial charge in [0.2, 0.25) is 0 Å². The topological polar surface area (TPSA) is 109 Å². The number of halogens is 1. The SMILES string of the molecule is NC(=O)NCc1ccc(Cl)c(N=C2NC(=O)/C(=C\c3ccc4ncccc4c3)S2)c1. The van der Waals surface area contributed by atoms with Gasteiger partial charge in [0.1, 0.15) is 0 Å². The molecule has 2 aromatic carbocycles. The van der Waals surface area contributed by atoms with Crippen molar-refractivity contribution in [2.24, 2.45) is 10.7 Å². The summed E-state index contributed by atoms with van der Waals surface area (Å²) in [6.45, 7) is 0.256. The molecule has 4 N–H and O–H groups in total. The second kappa shape index (κ2) is 8.56. The highest BCUT2D eigenvalue weighted by atomic mass is 35.5. The van der Waals surface area contributed by atoms with Crippen molar-refractivity contribution in [3.63, 3.8) is 0 Å². The summed E-state index contributed by atoms with van der Waals surface area (Å²) in [5.74, 6) is -0.229. The first-order valence-electron chi connectivity index (χ1n) is 8.94. The van der Waals surface area contributed by atoms with Crippen molar-refractivity contribution in [3.8, 4) is 0 Å². The number of aromatic nitrogens is 1. The molecule has 0 unspecified atom stereocenters. The van der Waals surface area contributed by atoms with Crippen molar-refractivity contribution in [2.75, 3.05) is 0 Å². The number of amidine groups is 1. The number of amides is 3. The summed E-state index contributed by atoms with van der Waals surface area (Å²) >= 11 is 7.47. The molecule has 0 radical (unpaired) electrons. The lowest BCUT2D eigenvalue weighted by atomic mass is 10.1. The van der Waals surface area contributed by atoms with E-state index < -0.39 is 6.03 Å². The number of carbonyl (C=O) groups is 2. The standard InChI is InChI=1S/C21H16ClN5O2S/c22-15-5-3-13(11-25-20(23)29)9-17(15)26-21-27-19(28)18(30-21)10-12-4-6-16-14(8-12)2-1-7-24-16/h1-10H,11H2,(H3,23,25,29)(H,26,27,28)/b18-10+. The van der Waals surface area contributed by atoms with Crippen molar-refractivity contribution in [2.45, 2.75) is 6.54 Å². The fraction of sp³-hybridized carbons (Fsp3) is 0.0476. The van der Waals surface area contributed by atoms with E-state index in [4.69, 9.17) is 17.3 Å². The maximum absolute atomic E-state index is 12.4. The number of aliphatic imine (C=N–C) groups is 1. The summed E-state index contributed by atoms with van der Waals surface area (Å²) in [5.41, 5.74) is 8.16. The van der Waals surface area contributed by atoms with E-state index in [1.165, 1.54) is 11.8 Å². The predicted octanol–water partition coefficient (Wildman–Crippen LogP) is 3.95. The van der Waals surface area contributed by atoms with Crippen LogP contribution in [0.5, 0.6) is 0 Å². The molecular formula is C21H16ClN5O2S. The van der Waals surface area contributed by atoms with Gasteiger partial charge in [-0.2, -0.15) is 0 Å². The number of nitrogens with zero attached hydrogens (tertiary/aromatic N) is 2. The Morgan fingerprint density at radius 1 is 1.27 bits per heavy atom. The number of hydrogen-bond donors (Lipinski definition) is 3. The van der Waals surface area contributed by atoms with Gasteiger partial charge in [-0.25, -0.2) is 9.79 Å². The summed E-state index contributed by atoms with van der Waals surface area (Å²) in [7, 11) is 0. The molecule has 3 amide bonds. The lowest BCUT2D eigenvalue weighted by molar-refractivity contribution is -0.115. The van der Waals surface area contributed by atoms with E-state index in [1.807, 2.05) is 36.4 Å². The molecule has 1 aliphatic rings. The molecule has 1 fully saturated rings. The van der Waals surface area contributed by atoms with Crippen LogP contribution in [0.25, 0.3) is 17.0 Å². The number of benzene rings is 2. The first-order valence-corrected chi connectivity index (χ1v) is 10.1. The van der Waals surface area contributed by atoms with Crippen LogP contribution in [-0.2, 0) is 11.3 Å². The molecule has 0 atom stereocenters. The van der Waals surface area contributed by atoms with Gasteiger partial charge in [0.15, 0.2) is 5.17 Å². The van der Waals surface area contributed by atoms with Gasteiger partial charge in [-0.05, 0) is 59.3 Å². The molecule has 9 heteroatoms. The van der Waals surface area contributed by atoms with Gasteiger partial charge < -0.3 is 16.4 Å². The average Bonchev–Trinajstić information content (AvgIpc) is 3.07. The van der Waals surface area contributed by atoms with Crippen LogP contribution in [0.1, 0.15) is 11.1 Å². The zero-order chi connectivity index (χ0) is 21.1. The summed E-state index contributed by atoms with van der Waals surface area (Å²) in [6.07, 6.45) is 3.55. The van der Waals surface area contributed by atoms with E-state index >= 15 is 0 Å². The van der Waals surface area contributed by atoms with E-state index in [1.54, 1.807) is 24.4 Å². The van der Waals surface area contributed by atoms with Crippen LogP contribution >= 0.6 is 23.4 Å². The van der Waals surface area contributed by atoms with E-state index in [0.29, 0.717) is 20.8 Å². The molecule has 0 aliphatic carbocycles. The quantitative estimate of drug-likeness (QED) is 0.537. The first-order chi connectivity index (χ1) is 14.5. The average molecular weight is 438 g/mol. The number of hydrogen-bond acceptors (Lipinski definition) is 5. The molecule has 0 saturated carbocycles. The van der Waals surface area contributed by atoms with Crippen molar-refractivity contribution < 1.29 is 9.59 Å². The van der Waals surface area contributed by atoms with Gasteiger partial charge in [0, 0.05) is 18.1 Å². The highest BCUT2D eigenvalue weighted by Gasteiger charge is 2.24. The van der Waals surface area contributed by atoms with Gasteiger partial charge in [-0.1, -0.05) is 29.8 Å². The normalized spacial score (nSPS) is 16.2. The fourth-order valence-electron chi connectivity index (χ4n) is 2.87. The molecule has 2 heterocycles. The third-order valence-corrected chi connectivity index (χ3v) is 5.50. The number of primary amides is 1. The lowest BCUT2D eigenvalue weighted by Gasteiger charge is -2.05. The Hall–Kier alpha value is -3.36. The van der Waals surface area contributed by atoms with Gasteiger partial charge in [-0.3, -0.25) is 9.78 Å². The smallest absolute Gasteiger partial charge is 0.312 e. The number of rotatable bonds is 4. The summed E-state index contributed by atoms with van der Waals surface area (Å²) in [6, 6.07) is 14.2. The molecule has 4 rings (SSSR count). The Balaban J connectivity index is 1.56. The molecule has 0 spiro atoms. The molecule has 30 heavy (non-hydrogen) atoms. The second-order valence-electron chi connectivity index (χ2n) is 6.44. The third kappa shape index (κ3) is 4.61. The first kappa shape index (κ1) is 19.9. The molecule has 7 nitrogen and oxygen atoms in total. The van der Waals surface area contributed by atoms with Gasteiger partial charge in [-0.15, -0.1) is 0 Å². The largest absolute Gasteiger partial charge is 0.352 e. The number of carbonyl (C=O) groups excluding carboxylic acids is 2. The third-order valence-electron chi connectivity index (χ3n) is 4.27. The van der Waals surface area contributed by atoms with Crippen molar-refractivity contribution in [1.82, 2.24) is 15.6 Å². The lowest BCUT2D eigenvalue weighted by Crippen LogP contribution is -2.28. The zero-order valence-corrected chi connectivity index (χ0v) is 17.1. The Kier molecular flexibility index (Phi) is 5.69. The monoisotopic (exact) mass is 437 g/mol. The van der Waals surface area contributed by atoms with Crippen LogP contribution in [0.15, 0.2) is 64.6 Å². The van der Waals surface area contributed by atoms with E-state index in [-0.39, 0.29) is 12.5 Å². The van der Waals surface area contributed by atoms with Crippen LogP contribution in [0.4, 0.5) is 10.5 Å². The van der Waals surface area contributed by atoms with Crippen LogP contribution < -0.4 is 16.4 Å². The number of thioether (sulfide) groups is 1. The number of nitrogens with one attached hydrogen (secondary N) is 2. The minimum Gasteiger partial charge on any atom is -0.352 e. The Morgan fingerprint density at radius 2 is 2.13 bits per heavy atom. The van der Waals surface area contributed by atoms with Crippen molar-refractivity contribution >= 4 is 63.1 Å². The second-order valence-corrected chi connectivity index (χ2v) is 7.88. The predicted molar refractivity (Wildman–Crippen MR) is 120 cm³/mol. The highest BCUT2D eigenvalue weighted by Crippen LogP contribution is 2.32. The van der Waals surface area contributed by atoms with Crippen molar-refractivity contribution in [3.05, 3.63) is 75.8 Å². The minimum absolute atomic E-state index is 0.229. The molecular weight excluding hydrogens is 422 g/mol. The zero-order valence-electron chi connectivity index (χ0n) is 15.6. The van der Waals surface area contributed by atoms with E-state index in [9.17, 15) is 9.59 Å². The highest BCUT2D eigenvalue weighted by molar-refractivity contribution is 8.18. The van der Waals surface area contributed by atoms with Crippen LogP contribution in [0, 0.1) is 0 Å². The molecule has 1 aliphatic heterocycles. The number of pyridine rings is 1. The maximum Gasteiger partial charge on any atom is 0.312 e. The molecule has 1 aromatic heterocycles. The van der Waals surface area contributed by atoms with Crippen LogP contribution in [0.2, 0.25) is 5.02 Å². The maximum atomic E-state index is 12.4. The molecule has 150 valence electrons. The summed E-state index contributed by atoms with van der Waals surface area (Å²) in [4.78, 5) is 32.6. The number of nitrogens with two attached hydrogens (primary N) is 1. The van der Waals surface area contributed by atoms with E-state index in [2.05, 4.69) is 20.6 Å². The molecule has 3 aromatic rings. The van der Waals surface area contributed by atoms with E-state index in [0.717, 1.165) is 22.0 Å². The van der Waals surface area contributed by atoms with Gasteiger partial charge >= 0.3 is 6.03 Å². The van der Waals surface area contributed by atoms with Gasteiger partial charge in [0.25, 0.3) is 5.91 Å². The Morgan fingerprint density at radius 3 is 2.97 bits per heavy atom.